The molecule has 0 aromatic heterocycles. The van der Waals surface area contributed by atoms with E-state index in [1.165, 1.54) is 0 Å². The van der Waals surface area contributed by atoms with E-state index in [4.69, 9.17) is 10.5 Å². The average molecular weight is 245 g/mol. The SMILES string of the molecule is CCC1CCC(N)C(F)(C(=O)OC(C)(C)C)C1. The minimum absolute atomic E-state index is 0.194. The fourth-order valence-corrected chi connectivity index (χ4v) is 2.26. The van der Waals surface area contributed by atoms with Crippen molar-refractivity contribution < 1.29 is 13.9 Å². The molecule has 2 N–H and O–H groups in total. The quantitative estimate of drug-likeness (QED) is 0.761. The van der Waals surface area contributed by atoms with Crippen molar-refractivity contribution in [1.82, 2.24) is 0 Å². The lowest BCUT2D eigenvalue weighted by Crippen LogP contribution is -2.56. The number of halogens is 1. The summed E-state index contributed by atoms with van der Waals surface area (Å²) in [5.41, 5.74) is 3.09. The average Bonchev–Trinajstić information content (AvgIpc) is 2.19. The van der Waals surface area contributed by atoms with Gasteiger partial charge in [-0.05, 0) is 46.0 Å². The number of ether oxygens (including phenoxy) is 1. The Hall–Kier alpha value is -0.640. The molecule has 0 aromatic carbocycles. The van der Waals surface area contributed by atoms with E-state index >= 15 is 0 Å². The zero-order valence-electron chi connectivity index (χ0n) is 11.3. The van der Waals surface area contributed by atoms with Crippen LogP contribution in [-0.2, 0) is 9.53 Å². The molecule has 4 heteroatoms. The summed E-state index contributed by atoms with van der Waals surface area (Å²) in [5.74, 6) is -0.567. The molecule has 3 nitrogen and oxygen atoms in total. The number of hydrogen-bond acceptors (Lipinski definition) is 3. The van der Waals surface area contributed by atoms with Gasteiger partial charge in [0.05, 0.1) is 0 Å². The van der Waals surface area contributed by atoms with Gasteiger partial charge in [-0.1, -0.05) is 13.3 Å². The monoisotopic (exact) mass is 245 g/mol. The van der Waals surface area contributed by atoms with Gasteiger partial charge in [0.2, 0.25) is 5.67 Å². The van der Waals surface area contributed by atoms with E-state index in [9.17, 15) is 9.18 Å². The maximum atomic E-state index is 14.7. The van der Waals surface area contributed by atoms with Crippen LogP contribution in [-0.4, -0.2) is 23.3 Å². The van der Waals surface area contributed by atoms with Gasteiger partial charge < -0.3 is 10.5 Å². The number of carbonyl (C=O) groups is 1. The molecule has 100 valence electrons. The van der Waals surface area contributed by atoms with Crippen molar-refractivity contribution in [1.29, 1.82) is 0 Å². The van der Waals surface area contributed by atoms with E-state index in [1.54, 1.807) is 20.8 Å². The topological polar surface area (TPSA) is 52.3 Å². The van der Waals surface area contributed by atoms with Crippen molar-refractivity contribution in [3.63, 3.8) is 0 Å². The number of alkyl halides is 1. The first-order chi connectivity index (χ1) is 7.69. The van der Waals surface area contributed by atoms with Crippen molar-refractivity contribution in [2.24, 2.45) is 11.7 Å². The smallest absolute Gasteiger partial charge is 0.346 e. The molecule has 1 fully saturated rings. The van der Waals surface area contributed by atoms with Crippen LogP contribution in [0.1, 0.15) is 53.4 Å². The predicted molar refractivity (Wildman–Crippen MR) is 65.3 cm³/mol. The normalized spacial score (nSPS) is 34.5. The molecule has 3 atom stereocenters. The van der Waals surface area contributed by atoms with E-state index in [-0.39, 0.29) is 12.3 Å². The highest BCUT2D eigenvalue weighted by Crippen LogP contribution is 2.38. The van der Waals surface area contributed by atoms with Crippen LogP contribution in [0, 0.1) is 5.92 Å². The third kappa shape index (κ3) is 3.41. The lowest BCUT2D eigenvalue weighted by molar-refractivity contribution is -0.174. The molecule has 1 rings (SSSR count). The summed E-state index contributed by atoms with van der Waals surface area (Å²) < 4.78 is 19.9. The molecule has 0 saturated heterocycles. The molecule has 0 aromatic rings. The standard InChI is InChI=1S/C13H24FNO2/c1-5-9-6-7-10(15)13(14,8-9)11(16)17-12(2,3)4/h9-10H,5-8,15H2,1-4H3. The van der Waals surface area contributed by atoms with Gasteiger partial charge in [-0.25, -0.2) is 9.18 Å². The maximum Gasteiger partial charge on any atom is 0.346 e. The molecule has 1 aliphatic carbocycles. The van der Waals surface area contributed by atoms with E-state index in [2.05, 4.69) is 0 Å². The van der Waals surface area contributed by atoms with Crippen LogP contribution in [0.15, 0.2) is 0 Å². The Morgan fingerprint density at radius 1 is 1.47 bits per heavy atom. The number of rotatable bonds is 2. The van der Waals surface area contributed by atoms with Crippen molar-refractivity contribution in [2.75, 3.05) is 0 Å². The molecular weight excluding hydrogens is 221 g/mol. The summed E-state index contributed by atoms with van der Waals surface area (Å²) >= 11 is 0. The Kier molecular flexibility index (Phi) is 4.18. The van der Waals surface area contributed by atoms with Crippen molar-refractivity contribution >= 4 is 5.97 Å². The zero-order chi connectivity index (χ0) is 13.3. The van der Waals surface area contributed by atoms with Crippen LogP contribution in [0.3, 0.4) is 0 Å². The fourth-order valence-electron chi connectivity index (χ4n) is 2.26. The highest BCUT2D eigenvalue weighted by Gasteiger charge is 2.50. The molecule has 3 unspecified atom stereocenters. The van der Waals surface area contributed by atoms with Crippen LogP contribution < -0.4 is 5.73 Å². The predicted octanol–water partition coefficient (Wildman–Crippen LogP) is 2.57. The van der Waals surface area contributed by atoms with Gasteiger partial charge in [0, 0.05) is 6.04 Å². The third-order valence-electron chi connectivity index (χ3n) is 3.37. The second kappa shape index (κ2) is 4.92. The minimum Gasteiger partial charge on any atom is -0.458 e. The van der Waals surface area contributed by atoms with Crippen molar-refractivity contribution in [3.8, 4) is 0 Å². The molecule has 0 amide bonds. The molecule has 0 heterocycles. The van der Waals surface area contributed by atoms with E-state index < -0.39 is 23.3 Å². The molecule has 0 aliphatic heterocycles. The van der Waals surface area contributed by atoms with Crippen LogP contribution in [0.4, 0.5) is 4.39 Å². The van der Waals surface area contributed by atoms with Gasteiger partial charge in [0.25, 0.3) is 0 Å². The lowest BCUT2D eigenvalue weighted by Gasteiger charge is -2.38. The highest BCUT2D eigenvalue weighted by molar-refractivity contribution is 5.81. The van der Waals surface area contributed by atoms with Gasteiger partial charge in [-0.3, -0.25) is 0 Å². The van der Waals surface area contributed by atoms with Gasteiger partial charge in [-0.2, -0.15) is 0 Å². The van der Waals surface area contributed by atoms with Gasteiger partial charge in [0.1, 0.15) is 5.60 Å². The Labute approximate surface area is 103 Å². The second-order valence-corrected chi connectivity index (χ2v) is 6.03. The van der Waals surface area contributed by atoms with E-state index in [0.29, 0.717) is 6.42 Å². The third-order valence-corrected chi connectivity index (χ3v) is 3.37. The molecular formula is C13H24FNO2. The molecule has 1 aliphatic rings. The Balaban J connectivity index is 2.79. The lowest BCUT2D eigenvalue weighted by atomic mass is 9.75. The summed E-state index contributed by atoms with van der Waals surface area (Å²) in [5, 5.41) is 0. The molecule has 1 saturated carbocycles. The summed E-state index contributed by atoms with van der Waals surface area (Å²) in [7, 11) is 0. The molecule has 0 spiro atoms. The van der Waals surface area contributed by atoms with Crippen LogP contribution in [0.5, 0.6) is 0 Å². The first-order valence-electron chi connectivity index (χ1n) is 6.37. The summed E-state index contributed by atoms with van der Waals surface area (Å²) in [6, 6.07) is -0.736. The number of nitrogens with two attached hydrogens (primary N) is 1. The van der Waals surface area contributed by atoms with E-state index in [1.807, 2.05) is 6.92 Å². The molecule has 0 radical (unpaired) electrons. The van der Waals surface area contributed by atoms with Gasteiger partial charge in [0.15, 0.2) is 0 Å². The number of carbonyl (C=O) groups excluding carboxylic acids is 1. The first kappa shape index (κ1) is 14.4. The largest absolute Gasteiger partial charge is 0.458 e. The summed E-state index contributed by atoms with van der Waals surface area (Å²) in [4.78, 5) is 11.9. The number of esters is 1. The van der Waals surface area contributed by atoms with Gasteiger partial charge in [-0.15, -0.1) is 0 Å². The van der Waals surface area contributed by atoms with Crippen LogP contribution in [0.2, 0.25) is 0 Å². The molecule has 17 heavy (non-hydrogen) atoms. The summed E-state index contributed by atoms with van der Waals surface area (Å²) in [6.45, 7) is 7.22. The first-order valence-corrected chi connectivity index (χ1v) is 6.37. The van der Waals surface area contributed by atoms with Gasteiger partial charge >= 0.3 is 5.97 Å². The number of hydrogen-bond donors (Lipinski definition) is 1. The Morgan fingerprint density at radius 2 is 2.06 bits per heavy atom. The van der Waals surface area contributed by atoms with Crippen LogP contribution in [0.25, 0.3) is 0 Å². The Morgan fingerprint density at radius 3 is 2.53 bits per heavy atom. The van der Waals surface area contributed by atoms with Crippen molar-refractivity contribution in [2.45, 2.75) is 70.7 Å². The van der Waals surface area contributed by atoms with E-state index in [0.717, 1.165) is 12.8 Å². The fraction of sp³-hybridized carbons (Fsp3) is 0.923. The Bertz CT molecular complexity index is 288. The maximum absolute atomic E-state index is 14.7. The van der Waals surface area contributed by atoms with Crippen LogP contribution >= 0.6 is 0 Å². The zero-order valence-corrected chi connectivity index (χ0v) is 11.3. The van der Waals surface area contributed by atoms with Crippen molar-refractivity contribution in [3.05, 3.63) is 0 Å². The molecule has 0 bridgehead atoms. The minimum atomic E-state index is -2.01. The highest BCUT2D eigenvalue weighted by atomic mass is 19.1. The summed E-state index contributed by atoms with van der Waals surface area (Å²) in [6.07, 6.45) is 2.52. The second-order valence-electron chi connectivity index (χ2n) is 6.03.